The van der Waals surface area contributed by atoms with E-state index in [4.69, 9.17) is 5.73 Å². The topological polar surface area (TPSA) is 50.9 Å². The fourth-order valence-corrected chi connectivity index (χ4v) is 1.26. The Morgan fingerprint density at radius 1 is 1.33 bits per heavy atom. The molecule has 0 bridgehead atoms. The summed E-state index contributed by atoms with van der Waals surface area (Å²) in [4.78, 5) is 4.23. The van der Waals surface area contributed by atoms with Crippen molar-refractivity contribution in [3.63, 3.8) is 0 Å². The van der Waals surface area contributed by atoms with E-state index in [2.05, 4.69) is 16.4 Å². The summed E-state index contributed by atoms with van der Waals surface area (Å²) in [6.45, 7) is 4.85. The lowest BCUT2D eigenvalue weighted by atomic mass is 10.1. The molecule has 0 atom stereocenters. The molecule has 0 saturated carbocycles. The Bertz CT molecular complexity index is 367. The number of pyridine rings is 1. The number of nitrogen functional groups attached to an aromatic ring is 1. The van der Waals surface area contributed by atoms with E-state index in [9.17, 15) is 0 Å². The highest BCUT2D eigenvalue weighted by Crippen LogP contribution is 2.15. The summed E-state index contributed by atoms with van der Waals surface area (Å²) in [5.74, 6) is 0.560. The van der Waals surface area contributed by atoms with E-state index in [-0.39, 0.29) is 0 Å². The van der Waals surface area contributed by atoms with Crippen molar-refractivity contribution in [2.24, 2.45) is 0 Å². The van der Waals surface area contributed by atoms with Gasteiger partial charge in [0.1, 0.15) is 5.82 Å². The SMILES string of the molecule is CC.Nc1cccc(C2=CCNC=C2)n1. The van der Waals surface area contributed by atoms with Crippen LogP contribution in [0.5, 0.6) is 0 Å². The Kier molecular flexibility index (Phi) is 4.41. The van der Waals surface area contributed by atoms with Gasteiger partial charge in [0.05, 0.1) is 5.69 Å². The number of nitrogens with two attached hydrogens (primary N) is 1. The molecule has 0 spiro atoms. The van der Waals surface area contributed by atoms with E-state index in [1.807, 2.05) is 38.3 Å². The number of hydrogen-bond donors (Lipinski definition) is 2. The maximum atomic E-state index is 5.59. The molecule has 0 amide bonds. The minimum atomic E-state index is 0.560. The summed E-state index contributed by atoms with van der Waals surface area (Å²) in [6, 6.07) is 5.65. The van der Waals surface area contributed by atoms with Gasteiger partial charge in [-0.15, -0.1) is 0 Å². The Hall–Kier alpha value is -1.77. The van der Waals surface area contributed by atoms with Gasteiger partial charge in [0, 0.05) is 6.54 Å². The van der Waals surface area contributed by atoms with Gasteiger partial charge in [0.15, 0.2) is 0 Å². The largest absolute Gasteiger partial charge is 0.387 e. The number of aromatic nitrogens is 1. The van der Waals surface area contributed by atoms with Crippen LogP contribution in [0.2, 0.25) is 0 Å². The van der Waals surface area contributed by atoms with Crippen molar-refractivity contribution in [2.45, 2.75) is 13.8 Å². The van der Waals surface area contributed by atoms with Gasteiger partial charge in [-0.05, 0) is 30.0 Å². The van der Waals surface area contributed by atoms with Crippen molar-refractivity contribution in [3.8, 4) is 0 Å². The predicted octanol–water partition coefficient (Wildman–Crippen LogP) is 2.19. The smallest absolute Gasteiger partial charge is 0.124 e. The number of allylic oxidation sites excluding steroid dienone is 2. The minimum absolute atomic E-state index is 0.560. The average Bonchev–Trinajstić information content (AvgIpc) is 2.33. The maximum absolute atomic E-state index is 5.59. The van der Waals surface area contributed by atoms with Gasteiger partial charge in [-0.25, -0.2) is 4.98 Å². The molecule has 1 aromatic rings. The van der Waals surface area contributed by atoms with Gasteiger partial charge >= 0.3 is 0 Å². The molecule has 3 N–H and O–H groups in total. The molecule has 1 aliphatic heterocycles. The Balaban J connectivity index is 0.000000531. The first-order valence-electron chi connectivity index (χ1n) is 5.19. The molecule has 0 saturated heterocycles. The van der Waals surface area contributed by atoms with Crippen LogP contribution >= 0.6 is 0 Å². The zero-order chi connectivity index (χ0) is 11.1. The lowest BCUT2D eigenvalue weighted by Crippen LogP contribution is -2.08. The van der Waals surface area contributed by atoms with Crippen molar-refractivity contribution >= 4 is 11.4 Å². The molecule has 80 valence electrons. The third-order valence-electron chi connectivity index (χ3n) is 1.89. The highest BCUT2D eigenvalue weighted by Gasteiger charge is 2.01. The third kappa shape index (κ3) is 3.13. The molecule has 1 aliphatic rings. The quantitative estimate of drug-likeness (QED) is 0.735. The van der Waals surface area contributed by atoms with Crippen LogP contribution in [-0.2, 0) is 0 Å². The van der Waals surface area contributed by atoms with Crippen LogP contribution in [-0.4, -0.2) is 11.5 Å². The van der Waals surface area contributed by atoms with E-state index in [1.54, 1.807) is 6.07 Å². The van der Waals surface area contributed by atoms with Crippen molar-refractivity contribution in [1.29, 1.82) is 0 Å². The predicted molar refractivity (Wildman–Crippen MR) is 65.1 cm³/mol. The first kappa shape index (κ1) is 11.3. The molecule has 2 rings (SSSR count). The first-order valence-corrected chi connectivity index (χ1v) is 5.19. The zero-order valence-electron chi connectivity index (χ0n) is 9.20. The van der Waals surface area contributed by atoms with Crippen LogP contribution in [0.1, 0.15) is 19.5 Å². The normalized spacial score (nSPS) is 13.3. The monoisotopic (exact) mass is 203 g/mol. The second-order valence-corrected chi connectivity index (χ2v) is 2.85. The highest BCUT2D eigenvalue weighted by atomic mass is 14.9. The van der Waals surface area contributed by atoms with Gasteiger partial charge in [-0.2, -0.15) is 0 Å². The summed E-state index contributed by atoms with van der Waals surface area (Å²) >= 11 is 0. The highest BCUT2D eigenvalue weighted by molar-refractivity contribution is 5.73. The number of dihydropyridines is 1. The summed E-state index contributed by atoms with van der Waals surface area (Å²) in [5, 5.41) is 3.08. The van der Waals surface area contributed by atoms with Gasteiger partial charge in [0.2, 0.25) is 0 Å². The minimum Gasteiger partial charge on any atom is -0.387 e. The molecule has 0 unspecified atom stereocenters. The molecule has 15 heavy (non-hydrogen) atoms. The summed E-state index contributed by atoms with van der Waals surface area (Å²) in [5.41, 5.74) is 7.63. The molecule has 3 heteroatoms. The molecule has 3 nitrogen and oxygen atoms in total. The van der Waals surface area contributed by atoms with E-state index in [0.717, 1.165) is 17.8 Å². The van der Waals surface area contributed by atoms with Crippen molar-refractivity contribution in [2.75, 3.05) is 12.3 Å². The van der Waals surface area contributed by atoms with Crippen LogP contribution in [0.4, 0.5) is 5.82 Å². The van der Waals surface area contributed by atoms with Gasteiger partial charge < -0.3 is 11.1 Å². The number of anilines is 1. The maximum Gasteiger partial charge on any atom is 0.124 e. The zero-order valence-corrected chi connectivity index (χ0v) is 9.20. The van der Waals surface area contributed by atoms with E-state index >= 15 is 0 Å². The number of nitrogens with zero attached hydrogens (tertiary/aromatic N) is 1. The fourth-order valence-electron chi connectivity index (χ4n) is 1.26. The standard InChI is InChI=1S/C10H11N3.C2H6/c11-10-3-1-2-9(13-10)8-4-6-12-7-5-8;1-2/h1-6,12H,7H2,(H2,11,13);1-2H3. The second kappa shape index (κ2) is 5.86. The Morgan fingerprint density at radius 3 is 2.73 bits per heavy atom. The van der Waals surface area contributed by atoms with Crippen LogP contribution in [0.15, 0.2) is 36.6 Å². The third-order valence-corrected chi connectivity index (χ3v) is 1.89. The van der Waals surface area contributed by atoms with Crippen molar-refractivity contribution < 1.29 is 0 Å². The second-order valence-electron chi connectivity index (χ2n) is 2.85. The summed E-state index contributed by atoms with van der Waals surface area (Å²) in [7, 11) is 0. The Labute approximate surface area is 90.7 Å². The number of rotatable bonds is 1. The van der Waals surface area contributed by atoms with Crippen molar-refractivity contribution in [3.05, 3.63) is 42.2 Å². The first-order chi connectivity index (χ1) is 7.36. The fraction of sp³-hybridized carbons (Fsp3) is 0.250. The molecule has 0 fully saturated rings. The van der Waals surface area contributed by atoms with Crippen LogP contribution in [0.3, 0.4) is 0 Å². The van der Waals surface area contributed by atoms with E-state index in [0.29, 0.717) is 5.82 Å². The lowest BCUT2D eigenvalue weighted by molar-refractivity contribution is 0.974. The molecule has 2 heterocycles. The molecule has 0 aromatic carbocycles. The number of hydrogen-bond acceptors (Lipinski definition) is 3. The molecule has 0 radical (unpaired) electrons. The van der Waals surface area contributed by atoms with Gasteiger partial charge in [0.25, 0.3) is 0 Å². The average molecular weight is 203 g/mol. The lowest BCUT2D eigenvalue weighted by Gasteiger charge is -2.07. The van der Waals surface area contributed by atoms with Crippen LogP contribution < -0.4 is 11.1 Å². The summed E-state index contributed by atoms with van der Waals surface area (Å²) < 4.78 is 0. The van der Waals surface area contributed by atoms with Crippen LogP contribution in [0.25, 0.3) is 5.57 Å². The molecule has 0 aliphatic carbocycles. The molecular formula is C12H17N3. The molecular weight excluding hydrogens is 186 g/mol. The number of nitrogens with one attached hydrogen (secondary N) is 1. The molecule has 1 aromatic heterocycles. The van der Waals surface area contributed by atoms with Crippen molar-refractivity contribution in [1.82, 2.24) is 10.3 Å². The van der Waals surface area contributed by atoms with Crippen LogP contribution in [0, 0.1) is 0 Å². The van der Waals surface area contributed by atoms with Gasteiger partial charge in [-0.1, -0.05) is 26.0 Å². The summed E-state index contributed by atoms with van der Waals surface area (Å²) in [6.07, 6.45) is 5.99. The van der Waals surface area contributed by atoms with E-state index in [1.165, 1.54) is 0 Å². The Morgan fingerprint density at radius 2 is 2.13 bits per heavy atom. The van der Waals surface area contributed by atoms with Gasteiger partial charge in [-0.3, -0.25) is 0 Å². The van der Waals surface area contributed by atoms with E-state index < -0.39 is 0 Å².